The van der Waals surface area contributed by atoms with Crippen molar-refractivity contribution < 1.29 is 5.11 Å². The third kappa shape index (κ3) is 8.88. The van der Waals surface area contributed by atoms with Gasteiger partial charge in [0, 0.05) is 0 Å². The van der Waals surface area contributed by atoms with E-state index in [4.69, 9.17) is 0 Å². The second-order valence-electron chi connectivity index (χ2n) is 8.72. The van der Waals surface area contributed by atoms with E-state index in [1.807, 2.05) is 0 Å². The van der Waals surface area contributed by atoms with Crippen LogP contribution >= 0.6 is 0 Å². The third-order valence-corrected chi connectivity index (χ3v) is 6.48. The van der Waals surface area contributed by atoms with Crippen molar-refractivity contribution in [2.24, 2.45) is 11.8 Å². The Hall–Kier alpha value is -0.0400. The summed E-state index contributed by atoms with van der Waals surface area (Å²) in [6.45, 7) is 6.85. The van der Waals surface area contributed by atoms with Gasteiger partial charge in [0.15, 0.2) is 0 Å². The van der Waals surface area contributed by atoms with Gasteiger partial charge in [-0.05, 0) is 37.5 Å². The summed E-state index contributed by atoms with van der Waals surface area (Å²) < 4.78 is 0. The summed E-state index contributed by atoms with van der Waals surface area (Å²) in [6.07, 6.45) is 22.5. The van der Waals surface area contributed by atoms with E-state index in [1.165, 1.54) is 96.3 Å². The molecule has 0 amide bonds. The monoisotopic (exact) mass is 338 g/mol. The Morgan fingerprint density at radius 2 is 1.38 bits per heavy atom. The fourth-order valence-electron chi connectivity index (χ4n) is 4.75. The largest absolute Gasteiger partial charge is 0.390 e. The van der Waals surface area contributed by atoms with Crippen molar-refractivity contribution in [1.82, 2.24) is 0 Å². The standard InChI is InChI=1S/C23H46O/c1-4-6-7-8-9-10-11-12-14-17-21(3)20-23(24,5-2)22-18-15-13-16-19-22/h21-22,24H,4-20H2,1-3H3. The first-order valence-corrected chi connectivity index (χ1v) is 11.3. The molecule has 0 aliphatic heterocycles. The van der Waals surface area contributed by atoms with Crippen LogP contribution in [0.1, 0.15) is 130 Å². The second-order valence-corrected chi connectivity index (χ2v) is 8.72. The van der Waals surface area contributed by atoms with Gasteiger partial charge in [-0.25, -0.2) is 0 Å². The first kappa shape index (κ1) is 22.0. The van der Waals surface area contributed by atoms with E-state index >= 15 is 0 Å². The fourth-order valence-corrected chi connectivity index (χ4v) is 4.75. The molecule has 0 aromatic carbocycles. The predicted molar refractivity (Wildman–Crippen MR) is 107 cm³/mol. The van der Waals surface area contributed by atoms with Gasteiger partial charge < -0.3 is 5.11 Å². The van der Waals surface area contributed by atoms with Crippen LogP contribution in [-0.4, -0.2) is 10.7 Å². The van der Waals surface area contributed by atoms with Gasteiger partial charge in [0.05, 0.1) is 5.60 Å². The highest BCUT2D eigenvalue weighted by molar-refractivity contribution is 4.88. The maximum absolute atomic E-state index is 11.2. The van der Waals surface area contributed by atoms with Crippen LogP contribution in [0.5, 0.6) is 0 Å². The van der Waals surface area contributed by atoms with Crippen molar-refractivity contribution in [2.75, 3.05) is 0 Å². The van der Waals surface area contributed by atoms with E-state index in [2.05, 4.69) is 20.8 Å². The Bertz CT molecular complexity index is 282. The highest BCUT2D eigenvalue weighted by atomic mass is 16.3. The molecule has 1 nitrogen and oxygen atoms in total. The van der Waals surface area contributed by atoms with Crippen LogP contribution in [0.3, 0.4) is 0 Å². The van der Waals surface area contributed by atoms with Crippen molar-refractivity contribution in [3.63, 3.8) is 0 Å². The zero-order valence-corrected chi connectivity index (χ0v) is 17.1. The number of rotatable bonds is 14. The van der Waals surface area contributed by atoms with Gasteiger partial charge in [-0.15, -0.1) is 0 Å². The summed E-state index contributed by atoms with van der Waals surface area (Å²) in [5.74, 6) is 1.25. The van der Waals surface area contributed by atoms with Crippen LogP contribution in [-0.2, 0) is 0 Å². The summed E-state index contributed by atoms with van der Waals surface area (Å²) in [6, 6.07) is 0. The maximum atomic E-state index is 11.2. The van der Waals surface area contributed by atoms with Crippen molar-refractivity contribution in [3.05, 3.63) is 0 Å². The van der Waals surface area contributed by atoms with Crippen LogP contribution < -0.4 is 0 Å². The summed E-state index contributed by atoms with van der Waals surface area (Å²) in [5, 5.41) is 11.2. The molecule has 1 saturated carbocycles. The maximum Gasteiger partial charge on any atom is 0.0675 e. The Kier molecular flexibility index (Phi) is 12.1. The smallest absolute Gasteiger partial charge is 0.0675 e. The average Bonchev–Trinajstić information content (AvgIpc) is 2.61. The molecule has 0 spiro atoms. The molecule has 0 bridgehead atoms. The van der Waals surface area contributed by atoms with Crippen molar-refractivity contribution >= 4 is 0 Å². The lowest BCUT2D eigenvalue weighted by atomic mass is 9.71. The fraction of sp³-hybridized carbons (Fsp3) is 1.00. The molecule has 0 heterocycles. The minimum absolute atomic E-state index is 0.376. The molecule has 1 aliphatic rings. The number of hydrogen-bond acceptors (Lipinski definition) is 1. The Labute approximate surface area is 153 Å². The van der Waals surface area contributed by atoms with Crippen LogP contribution in [0.15, 0.2) is 0 Å². The molecule has 0 saturated heterocycles. The van der Waals surface area contributed by atoms with E-state index < -0.39 is 0 Å². The molecule has 1 rings (SSSR count). The molecule has 1 N–H and O–H groups in total. The van der Waals surface area contributed by atoms with Crippen molar-refractivity contribution in [1.29, 1.82) is 0 Å². The van der Waals surface area contributed by atoms with Gasteiger partial charge in [-0.2, -0.15) is 0 Å². The molecular formula is C23H46O. The van der Waals surface area contributed by atoms with Crippen molar-refractivity contribution in [3.8, 4) is 0 Å². The molecule has 2 unspecified atom stereocenters. The highest BCUT2D eigenvalue weighted by Crippen LogP contribution is 2.39. The predicted octanol–water partition coefficient (Wildman–Crippen LogP) is 7.65. The SMILES string of the molecule is CCCCCCCCCCCC(C)CC(O)(CC)C1CCCCC1. The molecular weight excluding hydrogens is 292 g/mol. The Morgan fingerprint density at radius 3 is 1.92 bits per heavy atom. The molecule has 0 aromatic heterocycles. The van der Waals surface area contributed by atoms with E-state index in [0.717, 1.165) is 12.8 Å². The molecule has 1 heteroatoms. The molecule has 2 atom stereocenters. The van der Waals surface area contributed by atoms with Gasteiger partial charge in [-0.3, -0.25) is 0 Å². The normalized spacial score (nSPS) is 20.0. The summed E-state index contributed by atoms with van der Waals surface area (Å²) >= 11 is 0. The van der Waals surface area contributed by atoms with Crippen molar-refractivity contribution in [2.45, 2.75) is 136 Å². The molecule has 0 radical (unpaired) electrons. The van der Waals surface area contributed by atoms with Gasteiger partial charge >= 0.3 is 0 Å². The van der Waals surface area contributed by atoms with Crippen LogP contribution in [0.4, 0.5) is 0 Å². The van der Waals surface area contributed by atoms with Gasteiger partial charge in [0.1, 0.15) is 0 Å². The first-order chi connectivity index (χ1) is 11.6. The summed E-state index contributed by atoms with van der Waals surface area (Å²) in [4.78, 5) is 0. The highest BCUT2D eigenvalue weighted by Gasteiger charge is 2.36. The minimum Gasteiger partial charge on any atom is -0.390 e. The summed E-state index contributed by atoms with van der Waals surface area (Å²) in [5.41, 5.74) is -0.376. The van der Waals surface area contributed by atoms with Gasteiger partial charge in [0.25, 0.3) is 0 Å². The number of hydrogen-bond donors (Lipinski definition) is 1. The minimum atomic E-state index is -0.376. The third-order valence-electron chi connectivity index (χ3n) is 6.48. The quantitative estimate of drug-likeness (QED) is 0.322. The van der Waals surface area contributed by atoms with Crippen LogP contribution in [0.25, 0.3) is 0 Å². The molecule has 144 valence electrons. The Balaban J connectivity index is 2.10. The van der Waals surface area contributed by atoms with E-state index in [-0.39, 0.29) is 5.60 Å². The Morgan fingerprint density at radius 1 is 0.833 bits per heavy atom. The van der Waals surface area contributed by atoms with Crippen LogP contribution in [0.2, 0.25) is 0 Å². The molecule has 1 aliphatic carbocycles. The second kappa shape index (κ2) is 13.2. The zero-order valence-electron chi connectivity index (χ0n) is 17.1. The van der Waals surface area contributed by atoms with E-state index in [1.54, 1.807) is 0 Å². The molecule has 1 fully saturated rings. The van der Waals surface area contributed by atoms with Gasteiger partial charge in [0.2, 0.25) is 0 Å². The lowest BCUT2D eigenvalue weighted by Crippen LogP contribution is -2.40. The molecule has 24 heavy (non-hydrogen) atoms. The van der Waals surface area contributed by atoms with Crippen LogP contribution in [0, 0.1) is 11.8 Å². The molecule has 0 aromatic rings. The zero-order chi connectivity index (χ0) is 17.7. The number of aliphatic hydroxyl groups is 1. The average molecular weight is 339 g/mol. The van der Waals surface area contributed by atoms with E-state index in [0.29, 0.717) is 11.8 Å². The first-order valence-electron chi connectivity index (χ1n) is 11.3. The number of unbranched alkanes of at least 4 members (excludes halogenated alkanes) is 8. The topological polar surface area (TPSA) is 20.2 Å². The summed E-state index contributed by atoms with van der Waals surface area (Å²) in [7, 11) is 0. The van der Waals surface area contributed by atoms with E-state index in [9.17, 15) is 5.11 Å². The lowest BCUT2D eigenvalue weighted by Gasteiger charge is -2.39. The lowest BCUT2D eigenvalue weighted by molar-refractivity contribution is -0.0543. The van der Waals surface area contributed by atoms with Gasteiger partial charge in [-0.1, -0.05) is 104 Å².